The summed E-state index contributed by atoms with van der Waals surface area (Å²) in [7, 11) is 1.81. The average molecular weight is 248 g/mol. The van der Waals surface area contributed by atoms with E-state index in [9.17, 15) is 4.79 Å². The summed E-state index contributed by atoms with van der Waals surface area (Å²) in [6.07, 6.45) is 2.86. The van der Waals surface area contributed by atoms with Crippen molar-refractivity contribution in [1.29, 1.82) is 0 Å². The van der Waals surface area contributed by atoms with Crippen LogP contribution in [0.2, 0.25) is 0 Å². The third-order valence-corrected chi connectivity index (χ3v) is 3.55. The molecule has 18 heavy (non-hydrogen) atoms. The predicted molar refractivity (Wildman–Crippen MR) is 71.4 cm³/mol. The highest BCUT2D eigenvalue weighted by Gasteiger charge is 2.21. The fraction of sp³-hybridized carbons (Fsp3) is 0.500. The number of anilines is 1. The second-order valence-corrected chi connectivity index (χ2v) is 4.81. The summed E-state index contributed by atoms with van der Waals surface area (Å²) in [4.78, 5) is 13.3. The van der Waals surface area contributed by atoms with Gasteiger partial charge in [0.1, 0.15) is 0 Å². The molecule has 1 aliphatic heterocycles. The van der Waals surface area contributed by atoms with Crippen LogP contribution in [0.1, 0.15) is 36.4 Å². The quantitative estimate of drug-likeness (QED) is 0.845. The van der Waals surface area contributed by atoms with Crippen molar-refractivity contribution in [1.82, 2.24) is 0 Å². The fourth-order valence-electron chi connectivity index (χ4n) is 2.39. The molecule has 1 aliphatic rings. The number of aryl methyl sites for hydroxylation is 1. The van der Waals surface area contributed by atoms with Crippen LogP contribution in [0.25, 0.3) is 0 Å². The van der Waals surface area contributed by atoms with Gasteiger partial charge in [-0.05, 0) is 36.5 Å². The number of amides is 1. The summed E-state index contributed by atoms with van der Waals surface area (Å²) >= 11 is 0. The number of aliphatic hydroxyl groups excluding tert-OH is 1. The number of nitrogens with two attached hydrogens (primary N) is 1. The van der Waals surface area contributed by atoms with Crippen LogP contribution in [0, 0.1) is 0 Å². The molecule has 3 N–H and O–H groups in total. The lowest BCUT2D eigenvalue weighted by Gasteiger charge is -2.26. The normalized spacial score (nSPS) is 16.6. The number of nitrogens with zero attached hydrogens (tertiary/aromatic N) is 1. The molecule has 0 saturated carbocycles. The monoisotopic (exact) mass is 248 g/mol. The Balaban J connectivity index is 2.20. The van der Waals surface area contributed by atoms with Crippen molar-refractivity contribution in [2.24, 2.45) is 5.73 Å². The van der Waals surface area contributed by atoms with E-state index in [0.717, 1.165) is 30.5 Å². The number of fused-ring (bicyclic) bond motifs is 1. The summed E-state index contributed by atoms with van der Waals surface area (Å²) in [5.74, 6) is 0.167. The van der Waals surface area contributed by atoms with E-state index in [0.29, 0.717) is 6.42 Å². The summed E-state index contributed by atoms with van der Waals surface area (Å²) in [5.41, 5.74) is 9.35. The van der Waals surface area contributed by atoms with E-state index in [1.54, 1.807) is 4.90 Å². The van der Waals surface area contributed by atoms with Gasteiger partial charge in [0.15, 0.2) is 0 Å². The Bertz CT molecular complexity index is 445. The fourth-order valence-corrected chi connectivity index (χ4v) is 2.39. The molecule has 1 aromatic rings. The summed E-state index contributed by atoms with van der Waals surface area (Å²) in [5, 5.41) is 8.82. The molecule has 98 valence electrons. The summed E-state index contributed by atoms with van der Waals surface area (Å²) in [6, 6.07) is 6.02. The zero-order valence-electron chi connectivity index (χ0n) is 10.7. The van der Waals surface area contributed by atoms with E-state index >= 15 is 0 Å². The van der Waals surface area contributed by atoms with Gasteiger partial charge in [0.2, 0.25) is 5.91 Å². The summed E-state index contributed by atoms with van der Waals surface area (Å²) < 4.78 is 0. The lowest BCUT2D eigenvalue weighted by molar-refractivity contribution is -0.118. The first-order chi connectivity index (χ1) is 8.63. The Morgan fingerprint density at radius 1 is 1.44 bits per heavy atom. The number of carbonyl (C=O) groups excluding carboxylic acids is 1. The van der Waals surface area contributed by atoms with Crippen LogP contribution in [0.3, 0.4) is 0 Å². The number of carbonyl (C=O) groups is 1. The van der Waals surface area contributed by atoms with Crippen molar-refractivity contribution >= 4 is 11.6 Å². The molecular weight excluding hydrogens is 228 g/mol. The van der Waals surface area contributed by atoms with Gasteiger partial charge in [0, 0.05) is 31.8 Å². The first-order valence-corrected chi connectivity index (χ1v) is 6.39. The van der Waals surface area contributed by atoms with Crippen LogP contribution in [0.4, 0.5) is 5.69 Å². The maximum absolute atomic E-state index is 11.6. The van der Waals surface area contributed by atoms with Gasteiger partial charge in [-0.3, -0.25) is 4.79 Å². The van der Waals surface area contributed by atoms with Crippen LogP contribution in [0.15, 0.2) is 18.2 Å². The molecule has 0 radical (unpaired) electrons. The van der Waals surface area contributed by atoms with Gasteiger partial charge in [0.05, 0.1) is 0 Å². The maximum atomic E-state index is 11.6. The van der Waals surface area contributed by atoms with Crippen LogP contribution in [0.5, 0.6) is 0 Å². The largest absolute Gasteiger partial charge is 0.396 e. The SMILES string of the molecule is CN1C(=O)CCc2cc(C(N)CCCO)ccc21. The lowest BCUT2D eigenvalue weighted by atomic mass is 9.95. The van der Waals surface area contributed by atoms with Crippen molar-refractivity contribution in [3.05, 3.63) is 29.3 Å². The minimum Gasteiger partial charge on any atom is -0.396 e. The zero-order chi connectivity index (χ0) is 13.1. The van der Waals surface area contributed by atoms with Gasteiger partial charge >= 0.3 is 0 Å². The van der Waals surface area contributed by atoms with Gasteiger partial charge in [-0.2, -0.15) is 0 Å². The molecule has 0 aromatic heterocycles. The minimum atomic E-state index is -0.0367. The van der Waals surface area contributed by atoms with Gasteiger partial charge in [0.25, 0.3) is 0 Å². The highest BCUT2D eigenvalue weighted by atomic mass is 16.2. The number of hydrogen-bond acceptors (Lipinski definition) is 3. The van der Waals surface area contributed by atoms with Crippen LogP contribution in [-0.4, -0.2) is 24.7 Å². The van der Waals surface area contributed by atoms with E-state index < -0.39 is 0 Å². The molecule has 1 amide bonds. The number of rotatable bonds is 4. The topological polar surface area (TPSA) is 66.6 Å². The molecule has 1 atom stereocenters. The molecule has 1 heterocycles. The molecule has 1 aromatic carbocycles. The van der Waals surface area contributed by atoms with E-state index in [4.69, 9.17) is 10.8 Å². The third-order valence-electron chi connectivity index (χ3n) is 3.55. The van der Waals surface area contributed by atoms with Crippen molar-refractivity contribution in [3.63, 3.8) is 0 Å². The Morgan fingerprint density at radius 2 is 2.22 bits per heavy atom. The Kier molecular flexibility index (Phi) is 3.99. The number of benzene rings is 1. The summed E-state index contributed by atoms with van der Waals surface area (Å²) in [6.45, 7) is 0.176. The maximum Gasteiger partial charge on any atom is 0.227 e. The molecule has 4 nitrogen and oxygen atoms in total. The van der Waals surface area contributed by atoms with E-state index in [1.807, 2.05) is 19.2 Å². The van der Waals surface area contributed by atoms with Crippen molar-refractivity contribution in [2.75, 3.05) is 18.6 Å². The molecule has 0 aliphatic carbocycles. The smallest absolute Gasteiger partial charge is 0.227 e. The highest BCUT2D eigenvalue weighted by molar-refractivity contribution is 5.95. The molecule has 0 saturated heterocycles. The third kappa shape index (κ3) is 2.54. The van der Waals surface area contributed by atoms with E-state index in [2.05, 4.69) is 6.07 Å². The van der Waals surface area contributed by atoms with Gasteiger partial charge in [-0.15, -0.1) is 0 Å². The molecule has 4 heteroatoms. The van der Waals surface area contributed by atoms with Crippen molar-refractivity contribution < 1.29 is 9.90 Å². The molecule has 0 bridgehead atoms. The van der Waals surface area contributed by atoms with Crippen LogP contribution >= 0.6 is 0 Å². The van der Waals surface area contributed by atoms with E-state index in [1.165, 1.54) is 5.56 Å². The molecule has 2 rings (SSSR count). The Hall–Kier alpha value is -1.39. The second kappa shape index (κ2) is 5.50. The first-order valence-electron chi connectivity index (χ1n) is 6.39. The van der Waals surface area contributed by atoms with Crippen LogP contribution < -0.4 is 10.6 Å². The molecule has 0 fully saturated rings. The highest BCUT2D eigenvalue weighted by Crippen LogP contribution is 2.29. The number of hydrogen-bond donors (Lipinski definition) is 2. The Labute approximate surface area is 107 Å². The predicted octanol–water partition coefficient (Wildman–Crippen LogP) is 1.37. The average Bonchev–Trinajstić information content (AvgIpc) is 2.40. The number of aliphatic hydroxyl groups is 1. The molecule has 1 unspecified atom stereocenters. The van der Waals surface area contributed by atoms with Gasteiger partial charge in [-0.25, -0.2) is 0 Å². The molecule has 0 spiro atoms. The zero-order valence-corrected chi connectivity index (χ0v) is 10.7. The van der Waals surface area contributed by atoms with Crippen molar-refractivity contribution in [3.8, 4) is 0 Å². The minimum absolute atomic E-state index is 0.0367. The van der Waals surface area contributed by atoms with E-state index in [-0.39, 0.29) is 18.6 Å². The van der Waals surface area contributed by atoms with Crippen molar-refractivity contribution in [2.45, 2.75) is 31.7 Å². The first kappa shape index (κ1) is 13.1. The lowest BCUT2D eigenvalue weighted by Crippen LogP contribution is -2.31. The Morgan fingerprint density at radius 3 is 2.94 bits per heavy atom. The second-order valence-electron chi connectivity index (χ2n) is 4.81. The molecular formula is C14H20N2O2. The van der Waals surface area contributed by atoms with Crippen LogP contribution in [-0.2, 0) is 11.2 Å². The standard InChI is InChI=1S/C14H20N2O2/c1-16-13-6-4-10(12(15)3-2-8-17)9-11(13)5-7-14(16)18/h4,6,9,12,17H,2-3,5,7-8,15H2,1H3. The van der Waals surface area contributed by atoms with Gasteiger partial charge < -0.3 is 15.7 Å². The van der Waals surface area contributed by atoms with Gasteiger partial charge in [-0.1, -0.05) is 12.1 Å².